The monoisotopic (exact) mass is 329 g/mol. The molecule has 0 spiro atoms. The Morgan fingerprint density at radius 1 is 1.33 bits per heavy atom. The SMILES string of the molecule is CCn1cc(Cl)c(CNC(=O)C(C)n2cc(Cl)c(C)n2)n1. The van der Waals surface area contributed by atoms with Crippen LogP contribution in [0, 0.1) is 6.92 Å². The largest absolute Gasteiger partial charge is 0.348 e. The van der Waals surface area contributed by atoms with Gasteiger partial charge in [0, 0.05) is 18.9 Å². The van der Waals surface area contributed by atoms with Gasteiger partial charge in [-0.3, -0.25) is 14.2 Å². The summed E-state index contributed by atoms with van der Waals surface area (Å²) in [6.45, 7) is 6.53. The second-order valence-electron chi connectivity index (χ2n) is 4.72. The average molecular weight is 330 g/mol. The number of hydrogen-bond donors (Lipinski definition) is 1. The molecule has 0 aliphatic heterocycles. The molecule has 0 fully saturated rings. The topological polar surface area (TPSA) is 64.7 Å². The number of rotatable bonds is 5. The van der Waals surface area contributed by atoms with Gasteiger partial charge in [0.1, 0.15) is 11.7 Å². The van der Waals surface area contributed by atoms with E-state index in [1.165, 1.54) is 0 Å². The van der Waals surface area contributed by atoms with Crippen LogP contribution in [0.1, 0.15) is 31.3 Å². The Morgan fingerprint density at radius 3 is 2.57 bits per heavy atom. The molecule has 2 aromatic rings. The van der Waals surface area contributed by atoms with E-state index in [0.29, 0.717) is 21.4 Å². The summed E-state index contributed by atoms with van der Waals surface area (Å²) in [6.07, 6.45) is 3.38. The fraction of sp³-hybridized carbons (Fsp3) is 0.462. The molecule has 2 rings (SSSR count). The lowest BCUT2D eigenvalue weighted by Gasteiger charge is -2.12. The number of aryl methyl sites for hydroxylation is 2. The number of aromatic nitrogens is 4. The van der Waals surface area contributed by atoms with Gasteiger partial charge in [-0.25, -0.2) is 0 Å². The first-order valence-electron chi connectivity index (χ1n) is 6.63. The average Bonchev–Trinajstić information content (AvgIpc) is 2.98. The number of carbonyl (C=O) groups excluding carboxylic acids is 1. The summed E-state index contributed by atoms with van der Waals surface area (Å²) in [7, 11) is 0. The van der Waals surface area contributed by atoms with Gasteiger partial charge < -0.3 is 5.32 Å². The lowest BCUT2D eigenvalue weighted by atomic mass is 10.3. The molecule has 0 aliphatic rings. The van der Waals surface area contributed by atoms with Crippen LogP contribution in [0.3, 0.4) is 0 Å². The fourth-order valence-electron chi connectivity index (χ4n) is 1.82. The van der Waals surface area contributed by atoms with Crippen molar-refractivity contribution in [2.45, 2.75) is 39.9 Å². The summed E-state index contributed by atoms with van der Waals surface area (Å²) in [5.41, 5.74) is 1.34. The van der Waals surface area contributed by atoms with Crippen molar-refractivity contribution in [2.24, 2.45) is 0 Å². The Balaban J connectivity index is 1.99. The second kappa shape index (κ2) is 6.49. The molecule has 0 aromatic carbocycles. The van der Waals surface area contributed by atoms with Gasteiger partial charge in [-0.1, -0.05) is 23.2 Å². The molecule has 0 saturated carbocycles. The minimum atomic E-state index is -0.455. The van der Waals surface area contributed by atoms with Crippen LogP contribution < -0.4 is 5.32 Å². The van der Waals surface area contributed by atoms with Gasteiger partial charge in [0.25, 0.3) is 0 Å². The van der Waals surface area contributed by atoms with Crippen molar-refractivity contribution in [1.29, 1.82) is 0 Å². The van der Waals surface area contributed by atoms with Gasteiger partial charge in [0.05, 0.1) is 22.3 Å². The van der Waals surface area contributed by atoms with Crippen LogP contribution in [0.15, 0.2) is 12.4 Å². The van der Waals surface area contributed by atoms with Crippen molar-refractivity contribution in [3.63, 3.8) is 0 Å². The summed E-state index contributed by atoms with van der Waals surface area (Å²) in [5, 5.41) is 12.4. The van der Waals surface area contributed by atoms with E-state index in [9.17, 15) is 4.79 Å². The van der Waals surface area contributed by atoms with E-state index in [4.69, 9.17) is 23.2 Å². The van der Waals surface area contributed by atoms with Gasteiger partial charge in [0.2, 0.25) is 5.91 Å². The van der Waals surface area contributed by atoms with E-state index in [1.54, 1.807) is 35.6 Å². The van der Waals surface area contributed by atoms with Crippen LogP contribution >= 0.6 is 23.2 Å². The molecular formula is C13H17Cl2N5O. The molecule has 2 heterocycles. The Bertz CT molecular complexity index is 630. The van der Waals surface area contributed by atoms with E-state index in [-0.39, 0.29) is 12.5 Å². The standard InChI is InChI=1S/C13H17Cl2N5O/c1-4-19-6-11(15)12(18-19)5-16-13(21)9(3)20-7-10(14)8(2)17-20/h6-7,9H,4-5H2,1-3H3,(H,16,21). The molecular weight excluding hydrogens is 313 g/mol. The zero-order chi connectivity index (χ0) is 15.6. The van der Waals surface area contributed by atoms with Gasteiger partial charge in [-0.05, 0) is 20.8 Å². The van der Waals surface area contributed by atoms with Crippen molar-refractivity contribution in [2.75, 3.05) is 0 Å². The van der Waals surface area contributed by atoms with Crippen LogP contribution in [-0.2, 0) is 17.9 Å². The molecule has 8 heteroatoms. The molecule has 1 amide bonds. The maximum Gasteiger partial charge on any atom is 0.244 e. The Labute approximate surface area is 133 Å². The Hall–Kier alpha value is -1.53. The molecule has 1 atom stereocenters. The van der Waals surface area contributed by atoms with E-state index < -0.39 is 6.04 Å². The van der Waals surface area contributed by atoms with Gasteiger partial charge in [-0.15, -0.1) is 0 Å². The Kier molecular flexibility index (Phi) is 4.90. The zero-order valence-corrected chi connectivity index (χ0v) is 13.6. The molecule has 21 heavy (non-hydrogen) atoms. The molecule has 0 aliphatic carbocycles. The van der Waals surface area contributed by atoms with Crippen molar-refractivity contribution < 1.29 is 4.79 Å². The molecule has 0 saturated heterocycles. The van der Waals surface area contributed by atoms with Crippen LogP contribution in [0.2, 0.25) is 10.0 Å². The summed E-state index contributed by atoms with van der Waals surface area (Å²) in [6, 6.07) is -0.455. The zero-order valence-electron chi connectivity index (χ0n) is 12.1. The predicted molar refractivity (Wildman–Crippen MR) is 81.4 cm³/mol. The first kappa shape index (κ1) is 15.9. The summed E-state index contributed by atoms with van der Waals surface area (Å²) in [4.78, 5) is 12.1. The van der Waals surface area contributed by atoms with E-state index >= 15 is 0 Å². The van der Waals surface area contributed by atoms with E-state index in [2.05, 4.69) is 15.5 Å². The third kappa shape index (κ3) is 3.57. The maximum atomic E-state index is 12.1. The fourth-order valence-corrected chi connectivity index (χ4v) is 2.17. The van der Waals surface area contributed by atoms with Crippen molar-refractivity contribution in [1.82, 2.24) is 24.9 Å². The highest BCUT2D eigenvalue weighted by Crippen LogP contribution is 2.17. The molecule has 1 N–H and O–H groups in total. The highest BCUT2D eigenvalue weighted by atomic mass is 35.5. The van der Waals surface area contributed by atoms with Crippen molar-refractivity contribution >= 4 is 29.1 Å². The third-order valence-electron chi connectivity index (χ3n) is 3.17. The maximum absolute atomic E-state index is 12.1. The minimum absolute atomic E-state index is 0.170. The molecule has 0 bridgehead atoms. The number of carbonyl (C=O) groups is 1. The first-order valence-corrected chi connectivity index (χ1v) is 7.38. The highest BCUT2D eigenvalue weighted by Gasteiger charge is 2.17. The number of halogens is 2. The first-order chi connectivity index (χ1) is 9.92. The lowest BCUT2D eigenvalue weighted by molar-refractivity contribution is -0.124. The normalized spacial score (nSPS) is 12.4. The molecule has 6 nitrogen and oxygen atoms in total. The van der Waals surface area contributed by atoms with Crippen LogP contribution in [0.4, 0.5) is 0 Å². The number of amides is 1. The van der Waals surface area contributed by atoms with Crippen LogP contribution in [0.5, 0.6) is 0 Å². The Morgan fingerprint density at radius 2 is 2.05 bits per heavy atom. The number of hydrogen-bond acceptors (Lipinski definition) is 3. The minimum Gasteiger partial charge on any atom is -0.348 e. The number of nitrogens with zero attached hydrogens (tertiary/aromatic N) is 4. The van der Waals surface area contributed by atoms with Crippen LogP contribution in [0.25, 0.3) is 0 Å². The van der Waals surface area contributed by atoms with Gasteiger partial charge in [-0.2, -0.15) is 10.2 Å². The second-order valence-corrected chi connectivity index (χ2v) is 5.53. The summed E-state index contributed by atoms with van der Waals surface area (Å²) in [5.74, 6) is -0.170. The highest BCUT2D eigenvalue weighted by molar-refractivity contribution is 6.31. The van der Waals surface area contributed by atoms with Gasteiger partial charge >= 0.3 is 0 Å². The van der Waals surface area contributed by atoms with Crippen molar-refractivity contribution in [3.05, 3.63) is 33.8 Å². The molecule has 0 radical (unpaired) electrons. The van der Waals surface area contributed by atoms with E-state index in [0.717, 1.165) is 6.54 Å². The molecule has 1 unspecified atom stereocenters. The quantitative estimate of drug-likeness (QED) is 0.916. The lowest BCUT2D eigenvalue weighted by Crippen LogP contribution is -2.31. The third-order valence-corrected chi connectivity index (χ3v) is 3.86. The number of nitrogens with one attached hydrogen (secondary N) is 1. The summed E-state index contributed by atoms with van der Waals surface area (Å²) >= 11 is 12.0. The molecule has 114 valence electrons. The van der Waals surface area contributed by atoms with E-state index in [1.807, 2.05) is 6.92 Å². The van der Waals surface area contributed by atoms with Crippen LogP contribution in [-0.4, -0.2) is 25.5 Å². The van der Waals surface area contributed by atoms with Gasteiger partial charge in [0.15, 0.2) is 0 Å². The smallest absolute Gasteiger partial charge is 0.244 e. The molecule has 2 aromatic heterocycles. The van der Waals surface area contributed by atoms with Crippen molar-refractivity contribution in [3.8, 4) is 0 Å². The summed E-state index contributed by atoms with van der Waals surface area (Å²) < 4.78 is 3.27. The predicted octanol–water partition coefficient (Wildman–Crippen LogP) is 2.59.